The summed E-state index contributed by atoms with van der Waals surface area (Å²) >= 11 is 2.35. The van der Waals surface area contributed by atoms with Crippen LogP contribution >= 0.6 is 22.7 Å². The average Bonchev–Trinajstić information content (AvgIpc) is 2.91. The molecular weight excluding hydrogens is 282 g/mol. The van der Waals surface area contributed by atoms with E-state index in [2.05, 4.69) is 15.1 Å². The molecule has 7 nitrogen and oxygen atoms in total. The van der Waals surface area contributed by atoms with Crippen LogP contribution in [-0.2, 0) is 10.0 Å². The molecule has 88 valence electrons. The lowest BCUT2D eigenvalue weighted by molar-refractivity contribution is 0.595. The summed E-state index contributed by atoms with van der Waals surface area (Å²) in [5, 5.41) is 11.5. The van der Waals surface area contributed by atoms with Crippen molar-refractivity contribution in [2.24, 2.45) is 5.14 Å². The lowest BCUT2D eigenvalue weighted by atomic mass is 10.5. The number of nitrogens with zero attached hydrogens (tertiary/aromatic N) is 4. The molecule has 0 bridgehead atoms. The number of rotatable bonds is 2. The summed E-state index contributed by atoms with van der Waals surface area (Å²) in [5.74, 6) is 0. The Balaban J connectivity index is 2.26. The van der Waals surface area contributed by atoms with Crippen LogP contribution in [0.25, 0.3) is 15.7 Å². The van der Waals surface area contributed by atoms with Crippen molar-refractivity contribution in [2.45, 2.75) is 4.34 Å². The summed E-state index contributed by atoms with van der Waals surface area (Å²) in [4.78, 5) is 8.67. The van der Waals surface area contributed by atoms with Crippen molar-refractivity contribution in [1.82, 2.24) is 19.6 Å². The van der Waals surface area contributed by atoms with Crippen molar-refractivity contribution >= 4 is 37.7 Å². The first kappa shape index (κ1) is 10.8. The standard InChI is InChI=1S/C7H5N5O2S3/c8-17(13,14)7-11-12-4(3-10-6(12)16-7)5-9-1-2-15-5/h1-3H,(H2,8,13,14). The molecule has 10 heteroatoms. The number of nitrogens with two attached hydrogens (primary N) is 1. The second kappa shape index (κ2) is 3.57. The number of primary sulfonamides is 1. The lowest BCUT2D eigenvalue weighted by Crippen LogP contribution is -2.12. The van der Waals surface area contributed by atoms with Crippen LogP contribution in [0.4, 0.5) is 0 Å². The molecule has 0 aliphatic rings. The van der Waals surface area contributed by atoms with Crippen LogP contribution in [0.3, 0.4) is 0 Å². The van der Waals surface area contributed by atoms with Crippen LogP contribution in [0, 0.1) is 0 Å². The quantitative estimate of drug-likeness (QED) is 0.741. The number of imidazole rings is 1. The van der Waals surface area contributed by atoms with E-state index in [1.807, 2.05) is 5.38 Å². The first-order chi connectivity index (χ1) is 8.05. The molecule has 3 aromatic rings. The van der Waals surface area contributed by atoms with Crippen LogP contribution in [-0.4, -0.2) is 28.0 Å². The lowest BCUT2D eigenvalue weighted by Gasteiger charge is -1.91. The van der Waals surface area contributed by atoms with Gasteiger partial charge in [0.25, 0.3) is 10.0 Å². The predicted octanol–water partition coefficient (Wildman–Crippen LogP) is 0.562. The van der Waals surface area contributed by atoms with Gasteiger partial charge in [0.15, 0.2) is 0 Å². The Bertz CT molecular complexity index is 770. The van der Waals surface area contributed by atoms with Gasteiger partial charge in [-0.05, 0) is 0 Å². The molecule has 3 rings (SSSR count). The first-order valence-corrected chi connectivity index (χ1v) is 7.57. The van der Waals surface area contributed by atoms with Gasteiger partial charge in [-0.1, -0.05) is 11.3 Å². The molecule has 0 aliphatic heterocycles. The second-order valence-corrected chi connectivity index (χ2v) is 6.67. The molecule has 0 atom stereocenters. The molecule has 3 aromatic heterocycles. The molecule has 0 unspecified atom stereocenters. The van der Waals surface area contributed by atoms with Gasteiger partial charge in [-0.3, -0.25) is 0 Å². The number of hydrogen-bond acceptors (Lipinski definition) is 7. The topological polar surface area (TPSA) is 103 Å². The van der Waals surface area contributed by atoms with Gasteiger partial charge in [-0.25, -0.2) is 23.5 Å². The number of fused-ring (bicyclic) bond motifs is 1. The predicted molar refractivity (Wildman–Crippen MR) is 63.3 cm³/mol. The summed E-state index contributed by atoms with van der Waals surface area (Å²) in [6, 6.07) is 0. The molecule has 2 N–H and O–H groups in total. The SMILES string of the molecule is NS(=O)(=O)c1nn2c(-c3nccs3)cnc2s1. The van der Waals surface area contributed by atoms with Crippen molar-refractivity contribution in [2.75, 3.05) is 0 Å². The molecule has 0 amide bonds. The van der Waals surface area contributed by atoms with Gasteiger partial charge in [0, 0.05) is 11.6 Å². The maximum atomic E-state index is 11.2. The highest BCUT2D eigenvalue weighted by Crippen LogP contribution is 2.26. The minimum atomic E-state index is -3.79. The molecule has 17 heavy (non-hydrogen) atoms. The van der Waals surface area contributed by atoms with Gasteiger partial charge >= 0.3 is 0 Å². The fourth-order valence-corrected chi connectivity index (χ4v) is 3.41. The zero-order valence-electron chi connectivity index (χ0n) is 8.14. The third-order valence-electron chi connectivity index (χ3n) is 1.96. The van der Waals surface area contributed by atoms with Crippen molar-refractivity contribution in [3.05, 3.63) is 17.8 Å². The fraction of sp³-hybridized carbons (Fsp3) is 0. The van der Waals surface area contributed by atoms with Gasteiger partial charge < -0.3 is 0 Å². The van der Waals surface area contributed by atoms with Gasteiger partial charge in [-0.2, -0.15) is 4.52 Å². The molecule has 0 saturated heterocycles. The van der Waals surface area contributed by atoms with E-state index in [0.717, 1.165) is 16.3 Å². The Kier molecular flexibility index (Phi) is 2.26. The normalized spacial score (nSPS) is 12.3. The molecule has 0 aromatic carbocycles. The molecule has 0 aliphatic carbocycles. The van der Waals surface area contributed by atoms with E-state index >= 15 is 0 Å². The van der Waals surface area contributed by atoms with Crippen LogP contribution < -0.4 is 5.14 Å². The second-order valence-electron chi connectivity index (χ2n) is 3.09. The van der Waals surface area contributed by atoms with Gasteiger partial charge in [0.1, 0.15) is 10.7 Å². The van der Waals surface area contributed by atoms with Crippen LogP contribution in [0.15, 0.2) is 22.1 Å². The molecular formula is C7H5N5O2S3. The summed E-state index contributed by atoms with van der Waals surface area (Å²) in [7, 11) is -3.79. The van der Waals surface area contributed by atoms with Crippen molar-refractivity contribution in [3.63, 3.8) is 0 Å². The van der Waals surface area contributed by atoms with Crippen LogP contribution in [0.1, 0.15) is 0 Å². The van der Waals surface area contributed by atoms with Gasteiger partial charge in [0.05, 0.1) is 6.20 Å². The van der Waals surface area contributed by atoms with E-state index in [4.69, 9.17) is 5.14 Å². The van der Waals surface area contributed by atoms with E-state index < -0.39 is 10.0 Å². The van der Waals surface area contributed by atoms with Crippen LogP contribution in [0.2, 0.25) is 0 Å². The van der Waals surface area contributed by atoms with Crippen LogP contribution in [0.5, 0.6) is 0 Å². The highest BCUT2D eigenvalue weighted by Gasteiger charge is 2.18. The molecule has 0 radical (unpaired) electrons. The van der Waals surface area contributed by atoms with Gasteiger partial charge in [0.2, 0.25) is 9.30 Å². The zero-order chi connectivity index (χ0) is 12.0. The minimum absolute atomic E-state index is 0.154. The highest BCUT2D eigenvalue weighted by molar-refractivity contribution is 7.91. The summed E-state index contributed by atoms with van der Waals surface area (Å²) in [6.45, 7) is 0. The van der Waals surface area contributed by atoms with E-state index in [9.17, 15) is 8.42 Å². The average molecular weight is 287 g/mol. The summed E-state index contributed by atoms with van der Waals surface area (Å²) in [6.07, 6.45) is 3.26. The van der Waals surface area contributed by atoms with E-state index in [0.29, 0.717) is 10.7 Å². The minimum Gasteiger partial charge on any atom is -0.243 e. The van der Waals surface area contributed by atoms with Crippen molar-refractivity contribution in [3.8, 4) is 10.7 Å². The van der Waals surface area contributed by atoms with Crippen molar-refractivity contribution < 1.29 is 8.42 Å². The maximum Gasteiger partial charge on any atom is 0.267 e. The Hall–Kier alpha value is -1.36. The first-order valence-electron chi connectivity index (χ1n) is 4.33. The van der Waals surface area contributed by atoms with Crippen molar-refractivity contribution in [1.29, 1.82) is 0 Å². The highest BCUT2D eigenvalue weighted by atomic mass is 32.2. The molecule has 0 spiro atoms. The van der Waals surface area contributed by atoms with E-state index in [1.165, 1.54) is 15.9 Å². The maximum absolute atomic E-state index is 11.2. The Morgan fingerprint density at radius 1 is 1.35 bits per heavy atom. The number of aromatic nitrogens is 4. The smallest absolute Gasteiger partial charge is 0.243 e. The molecule has 0 saturated carbocycles. The molecule has 0 fully saturated rings. The monoisotopic (exact) mass is 287 g/mol. The van der Waals surface area contributed by atoms with Gasteiger partial charge in [-0.15, -0.1) is 16.4 Å². The molecule has 3 heterocycles. The zero-order valence-corrected chi connectivity index (χ0v) is 10.6. The summed E-state index contributed by atoms with van der Waals surface area (Å²) < 4.78 is 23.6. The number of sulfonamides is 1. The summed E-state index contributed by atoms with van der Waals surface area (Å²) in [5.41, 5.74) is 0.654. The third kappa shape index (κ3) is 1.74. The third-order valence-corrected chi connectivity index (χ3v) is 4.99. The Labute approximate surface area is 104 Å². The largest absolute Gasteiger partial charge is 0.267 e. The van der Waals surface area contributed by atoms with E-state index in [-0.39, 0.29) is 4.34 Å². The fourth-order valence-electron chi connectivity index (χ4n) is 1.29. The Morgan fingerprint density at radius 2 is 2.18 bits per heavy atom. The number of thiazole rings is 1. The Morgan fingerprint density at radius 3 is 2.82 bits per heavy atom. The number of hydrogen-bond donors (Lipinski definition) is 1. The van der Waals surface area contributed by atoms with E-state index in [1.54, 1.807) is 12.4 Å².